The zero-order valence-corrected chi connectivity index (χ0v) is 10.2. The second kappa shape index (κ2) is 5.72. The average molecular weight is 227 g/mol. The maximum Gasteiger partial charge on any atom is 0.318 e. The second-order valence-corrected chi connectivity index (χ2v) is 4.45. The molecule has 0 radical (unpaired) electrons. The molecule has 1 atom stereocenters. The minimum absolute atomic E-state index is 0.136. The van der Waals surface area contributed by atoms with Crippen molar-refractivity contribution in [3.63, 3.8) is 0 Å². The zero-order chi connectivity index (χ0) is 12.1. The first-order valence-electron chi connectivity index (χ1n) is 5.81. The predicted molar refractivity (Wildman–Crippen MR) is 62.0 cm³/mol. The molecule has 3 amide bonds. The monoisotopic (exact) mass is 227 g/mol. The molecule has 5 heteroatoms. The van der Waals surface area contributed by atoms with Gasteiger partial charge in [0.1, 0.15) is 6.04 Å². The Kier molecular flexibility index (Phi) is 4.58. The average Bonchev–Trinajstić information content (AvgIpc) is 2.28. The van der Waals surface area contributed by atoms with Crippen LogP contribution in [0.3, 0.4) is 0 Å². The lowest BCUT2D eigenvalue weighted by Gasteiger charge is -2.31. The number of hydrogen-bond donors (Lipinski definition) is 2. The minimum atomic E-state index is -0.475. The topological polar surface area (TPSA) is 61.4 Å². The lowest BCUT2D eigenvalue weighted by atomic mass is 10.00. The van der Waals surface area contributed by atoms with E-state index >= 15 is 0 Å². The summed E-state index contributed by atoms with van der Waals surface area (Å²) < 4.78 is 0. The fourth-order valence-corrected chi connectivity index (χ4v) is 1.77. The van der Waals surface area contributed by atoms with Crippen molar-refractivity contribution >= 4 is 11.9 Å². The molecule has 0 aromatic heterocycles. The van der Waals surface area contributed by atoms with E-state index in [9.17, 15) is 9.59 Å². The number of nitrogens with one attached hydrogen (secondary N) is 2. The summed E-state index contributed by atoms with van der Waals surface area (Å²) in [4.78, 5) is 24.8. The van der Waals surface area contributed by atoms with Crippen LogP contribution in [-0.2, 0) is 4.79 Å². The number of amides is 3. The zero-order valence-electron chi connectivity index (χ0n) is 10.2. The molecule has 1 rings (SSSR count). The molecule has 0 saturated carbocycles. The third kappa shape index (κ3) is 3.40. The highest BCUT2D eigenvalue weighted by Gasteiger charge is 2.22. The molecule has 0 aliphatic carbocycles. The van der Waals surface area contributed by atoms with Crippen molar-refractivity contribution in [2.75, 3.05) is 20.1 Å². The van der Waals surface area contributed by atoms with E-state index in [1.807, 2.05) is 0 Å². The highest BCUT2D eigenvalue weighted by atomic mass is 16.2. The van der Waals surface area contributed by atoms with Crippen molar-refractivity contribution in [1.29, 1.82) is 0 Å². The molecule has 1 aliphatic heterocycles. The number of likely N-dealkylation sites (tertiary alicyclic amines) is 1. The quantitative estimate of drug-likeness (QED) is 0.724. The van der Waals surface area contributed by atoms with Crippen LogP contribution >= 0.6 is 0 Å². The molecule has 5 nitrogen and oxygen atoms in total. The minimum Gasteiger partial charge on any atom is -0.357 e. The first-order valence-corrected chi connectivity index (χ1v) is 5.81. The molecule has 1 heterocycles. The summed E-state index contributed by atoms with van der Waals surface area (Å²) in [5.74, 6) is 0.527. The number of urea groups is 1. The van der Waals surface area contributed by atoms with E-state index in [4.69, 9.17) is 0 Å². The Morgan fingerprint density at radius 2 is 1.88 bits per heavy atom. The van der Waals surface area contributed by atoms with Crippen molar-refractivity contribution in [2.45, 2.75) is 32.7 Å². The summed E-state index contributed by atoms with van der Waals surface area (Å²) in [6.45, 7) is 5.45. The van der Waals surface area contributed by atoms with Crippen molar-refractivity contribution in [2.24, 2.45) is 5.92 Å². The van der Waals surface area contributed by atoms with Gasteiger partial charge in [-0.2, -0.15) is 0 Å². The SMILES string of the molecule is CNC(=O)C(C)NC(=O)N1CCC(C)CC1. The van der Waals surface area contributed by atoms with Crippen LogP contribution in [0.2, 0.25) is 0 Å². The number of nitrogens with zero attached hydrogens (tertiary/aromatic N) is 1. The molecule has 0 aromatic rings. The molecule has 16 heavy (non-hydrogen) atoms. The van der Waals surface area contributed by atoms with Gasteiger partial charge in [0, 0.05) is 20.1 Å². The molecule has 0 spiro atoms. The van der Waals surface area contributed by atoms with E-state index in [2.05, 4.69) is 17.6 Å². The van der Waals surface area contributed by atoms with E-state index in [-0.39, 0.29) is 11.9 Å². The molecular formula is C11H21N3O2. The molecule has 2 N–H and O–H groups in total. The standard InChI is InChI=1S/C11H21N3O2/c1-8-4-6-14(7-5-8)11(16)13-9(2)10(15)12-3/h8-9H,4-7H2,1-3H3,(H,12,15)(H,13,16). The molecule has 1 aliphatic rings. The number of carbonyl (C=O) groups excluding carboxylic acids is 2. The second-order valence-electron chi connectivity index (χ2n) is 4.45. The Morgan fingerprint density at radius 3 is 2.38 bits per heavy atom. The Morgan fingerprint density at radius 1 is 1.31 bits per heavy atom. The number of piperidine rings is 1. The van der Waals surface area contributed by atoms with Gasteiger partial charge in [0.2, 0.25) is 5.91 Å². The Hall–Kier alpha value is -1.26. The predicted octanol–water partition coefficient (Wildman–Crippen LogP) is 0.562. The highest BCUT2D eigenvalue weighted by Crippen LogP contribution is 2.15. The van der Waals surface area contributed by atoms with Gasteiger partial charge in [0.05, 0.1) is 0 Å². The van der Waals surface area contributed by atoms with Crippen LogP contribution in [0.15, 0.2) is 0 Å². The van der Waals surface area contributed by atoms with Gasteiger partial charge in [-0.3, -0.25) is 4.79 Å². The van der Waals surface area contributed by atoms with E-state index in [0.29, 0.717) is 5.92 Å². The van der Waals surface area contributed by atoms with Crippen LogP contribution in [0.1, 0.15) is 26.7 Å². The number of hydrogen-bond acceptors (Lipinski definition) is 2. The summed E-state index contributed by atoms with van der Waals surface area (Å²) >= 11 is 0. The van der Waals surface area contributed by atoms with Gasteiger partial charge in [-0.1, -0.05) is 6.92 Å². The van der Waals surface area contributed by atoms with Gasteiger partial charge in [0.15, 0.2) is 0 Å². The molecular weight excluding hydrogens is 206 g/mol. The summed E-state index contributed by atoms with van der Waals surface area (Å²) in [6.07, 6.45) is 2.09. The third-order valence-electron chi connectivity index (χ3n) is 3.05. The van der Waals surface area contributed by atoms with Gasteiger partial charge >= 0.3 is 6.03 Å². The van der Waals surface area contributed by atoms with Crippen LogP contribution in [0.25, 0.3) is 0 Å². The van der Waals surface area contributed by atoms with Crippen molar-refractivity contribution < 1.29 is 9.59 Å². The number of likely N-dealkylation sites (N-methyl/N-ethyl adjacent to an activating group) is 1. The Balaban J connectivity index is 2.37. The normalized spacial score (nSPS) is 19.1. The maximum absolute atomic E-state index is 11.8. The van der Waals surface area contributed by atoms with Crippen LogP contribution in [-0.4, -0.2) is 43.0 Å². The van der Waals surface area contributed by atoms with Gasteiger partial charge in [0.25, 0.3) is 0 Å². The smallest absolute Gasteiger partial charge is 0.318 e. The van der Waals surface area contributed by atoms with Gasteiger partial charge in [-0.25, -0.2) is 4.79 Å². The van der Waals surface area contributed by atoms with Crippen molar-refractivity contribution in [3.05, 3.63) is 0 Å². The molecule has 92 valence electrons. The Labute approximate surface area is 96.6 Å². The van der Waals surface area contributed by atoms with Crippen molar-refractivity contribution in [3.8, 4) is 0 Å². The largest absolute Gasteiger partial charge is 0.357 e. The molecule has 0 bridgehead atoms. The van der Waals surface area contributed by atoms with Gasteiger partial charge in [-0.15, -0.1) is 0 Å². The van der Waals surface area contributed by atoms with Crippen LogP contribution in [0.4, 0.5) is 4.79 Å². The van der Waals surface area contributed by atoms with Crippen LogP contribution in [0.5, 0.6) is 0 Å². The summed E-state index contributed by atoms with van der Waals surface area (Å²) in [5.41, 5.74) is 0. The number of rotatable bonds is 2. The lowest BCUT2D eigenvalue weighted by Crippen LogP contribution is -2.51. The molecule has 1 fully saturated rings. The van der Waals surface area contributed by atoms with E-state index in [1.54, 1.807) is 18.9 Å². The number of carbonyl (C=O) groups is 2. The van der Waals surface area contributed by atoms with Crippen LogP contribution < -0.4 is 10.6 Å². The molecule has 1 unspecified atom stereocenters. The van der Waals surface area contributed by atoms with Gasteiger partial charge < -0.3 is 15.5 Å². The first-order chi connectivity index (χ1) is 7.54. The fourth-order valence-electron chi connectivity index (χ4n) is 1.77. The third-order valence-corrected chi connectivity index (χ3v) is 3.05. The first kappa shape index (κ1) is 12.8. The fraction of sp³-hybridized carbons (Fsp3) is 0.818. The summed E-state index contributed by atoms with van der Waals surface area (Å²) in [5, 5.41) is 5.20. The maximum atomic E-state index is 11.8. The van der Waals surface area contributed by atoms with E-state index in [1.165, 1.54) is 0 Å². The van der Waals surface area contributed by atoms with E-state index in [0.717, 1.165) is 25.9 Å². The highest BCUT2D eigenvalue weighted by molar-refractivity contribution is 5.86. The lowest BCUT2D eigenvalue weighted by molar-refractivity contribution is -0.122. The van der Waals surface area contributed by atoms with Crippen molar-refractivity contribution in [1.82, 2.24) is 15.5 Å². The van der Waals surface area contributed by atoms with Crippen LogP contribution in [0, 0.1) is 5.92 Å². The van der Waals surface area contributed by atoms with Gasteiger partial charge in [-0.05, 0) is 25.7 Å². The summed E-state index contributed by atoms with van der Waals surface area (Å²) in [7, 11) is 1.56. The summed E-state index contributed by atoms with van der Waals surface area (Å²) in [6, 6.07) is -0.611. The van der Waals surface area contributed by atoms with E-state index < -0.39 is 6.04 Å². The molecule has 1 saturated heterocycles. The Bertz CT molecular complexity index is 260. The molecule has 0 aromatic carbocycles.